The van der Waals surface area contributed by atoms with Gasteiger partial charge in [-0.25, -0.2) is 4.79 Å². The average molecular weight is 525 g/mol. The number of carbonyl (C=O) groups excluding carboxylic acids is 5. The van der Waals surface area contributed by atoms with E-state index in [1.54, 1.807) is 54.6 Å². The Hall–Kier alpha value is -4.12. The summed E-state index contributed by atoms with van der Waals surface area (Å²) in [7, 11) is 0. The van der Waals surface area contributed by atoms with Gasteiger partial charge in [0.1, 0.15) is 29.5 Å². The van der Waals surface area contributed by atoms with E-state index in [1.165, 1.54) is 23.6 Å². The highest BCUT2D eigenvalue weighted by atomic mass is 32.2. The predicted molar refractivity (Wildman–Crippen MR) is 132 cm³/mol. The van der Waals surface area contributed by atoms with Crippen LogP contribution < -0.4 is 10.1 Å². The van der Waals surface area contributed by atoms with E-state index in [4.69, 9.17) is 14.2 Å². The van der Waals surface area contributed by atoms with E-state index in [0.717, 1.165) is 0 Å². The van der Waals surface area contributed by atoms with Crippen molar-refractivity contribution in [2.24, 2.45) is 0 Å². The Morgan fingerprint density at radius 2 is 1.65 bits per heavy atom. The monoisotopic (exact) mass is 524 g/mol. The molecular formula is C26H24N2O8S. The van der Waals surface area contributed by atoms with Gasteiger partial charge in [-0.15, -0.1) is 11.8 Å². The van der Waals surface area contributed by atoms with Crippen molar-refractivity contribution in [1.82, 2.24) is 10.2 Å². The summed E-state index contributed by atoms with van der Waals surface area (Å²) < 4.78 is 15.7. The summed E-state index contributed by atoms with van der Waals surface area (Å²) >= 11 is 1.31. The average Bonchev–Trinajstić information content (AvgIpc) is 2.92. The number of fused-ring (bicyclic) bond motifs is 1. The molecule has 2 amide bonds. The van der Waals surface area contributed by atoms with Crippen LogP contribution in [-0.2, 0) is 28.7 Å². The number of thioether (sulfide) groups is 1. The van der Waals surface area contributed by atoms with Gasteiger partial charge in [-0.1, -0.05) is 48.5 Å². The highest BCUT2D eigenvalue weighted by Crippen LogP contribution is 2.40. The van der Waals surface area contributed by atoms with Crippen molar-refractivity contribution in [3.63, 3.8) is 0 Å². The summed E-state index contributed by atoms with van der Waals surface area (Å²) in [5.41, 5.74) is 0.670. The van der Waals surface area contributed by atoms with Crippen LogP contribution in [0.3, 0.4) is 0 Å². The zero-order chi connectivity index (χ0) is 26.4. The van der Waals surface area contributed by atoms with Gasteiger partial charge in [0, 0.05) is 23.8 Å². The molecule has 0 bridgehead atoms. The minimum absolute atomic E-state index is 0.0816. The van der Waals surface area contributed by atoms with E-state index in [2.05, 4.69) is 5.32 Å². The number of Topliss-reactive ketones (excluding diaryl/α,β-unsaturated/α-hetero) is 1. The van der Waals surface area contributed by atoms with Crippen LogP contribution in [0.4, 0.5) is 0 Å². The molecule has 10 nitrogen and oxygen atoms in total. The van der Waals surface area contributed by atoms with Crippen LogP contribution in [0.15, 0.2) is 71.9 Å². The van der Waals surface area contributed by atoms with E-state index in [-0.39, 0.29) is 24.7 Å². The van der Waals surface area contributed by atoms with Gasteiger partial charge >= 0.3 is 11.9 Å². The SMILES string of the molecule is CC(=O)OCC1=C(C(=O)OCC(=O)c2ccccc2)N2C(=O)[C@@H](NC(=O)COc3ccccc3)[C@H]2SC1. The summed E-state index contributed by atoms with van der Waals surface area (Å²) in [6, 6.07) is 16.2. The van der Waals surface area contributed by atoms with Gasteiger partial charge in [-0.2, -0.15) is 0 Å². The molecule has 1 N–H and O–H groups in total. The molecule has 2 atom stereocenters. The molecule has 0 saturated carbocycles. The van der Waals surface area contributed by atoms with Crippen LogP contribution >= 0.6 is 11.8 Å². The summed E-state index contributed by atoms with van der Waals surface area (Å²) in [6.45, 7) is 0.213. The molecule has 2 aliphatic rings. The van der Waals surface area contributed by atoms with Gasteiger partial charge in [0.15, 0.2) is 19.0 Å². The van der Waals surface area contributed by atoms with E-state index >= 15 is 0 Å². The number of ketones is 1. The largest absolute Gasteiger partial charge is 0.484 e. The fraction of sp³-hybridized carbons (Fsp3) is 0.269. The Labute approximate surface area is 216 Å². The summed E-state index contributed by atoms with van der Waals surface area (Å²) in [6.07, 6.45) is 0. The quantitative estimate of drug-likeness (QED) is 0.281. The normalized spacial score (nSPS) is 18.3. The standard InChI is InChI=1S/C26H24N2O8S/c1-16(29)34-12-18-15-37-25-22(27-21(31)14-35-19-10-6-3-7-11-19)24(32)28(25)23(18)26(33)36-13-20(30)17-8-4-2-5-9-17/h2-11,22,25H,12-15H2,1H3,(H,27,31)/t22-,25-/m1/s1. The molecule has 1 fully saturated rings. The Kier molecular flexibility index (Phi) is 8.24. The number of rotatable bonds is 10. The minimum atomic E-state index is -0.887. The number of esters is 2. The van der Waals surface area contributed by atoms with Gasteiger partial charge in [-0.3, -0.25) is 24.1 Å². The molecule has 2 aromatic rings. The second-order valence-corrected chi connectivity index (χ2v) is 9.26. The molecule has 1 saturated heterocycles. The molecule has 0 aromatic heterocycles. The maximum Gasteiger partial charge on any atom is 0.355 e. The molecule has 0 unspecified atom stereocenters. The summed E-state index contributed by atoms with van der Waals surface area (Å²) in [5.74, 6) is -2.09. The van der Waals surface area contributed by atoms with E-state index < -0.39 is 47.6 Å². The maximum absolute atomic E-state index is 13.0. The first-order valence-corrected chi connectivity index (χ1v) is 12.4. The first kappa shape index (κ1) is 26.0. The van der Waals surface area contributed by atoms with Crippen molar-refractivity contribution in [2.75, 3.05) is 25.6 Å². The zero-order valence-corrected chi connectivity index (χ0v) is 20.7. The van der Waals surface area contributed by atoms with Gasteiger partial charge in [-0.05, 0) is 12.1 Å². The first-order chi connectivity index (χ1) is 17.8. The Morgan fingerprint density at radius 3 is 2.32 bits per heavy atom. The van der Waals surface area contributed by atoms with Crippen molar-refractivity contribution in [3.8, 4) is 5.75 Å². The number of hydrogen-bond donors (Lipinski definition) is 1. The third-order valence-electron chi connectivity index (χ3n) is 5.55. The molecule has 2 aliphatic heterocycles. The number of nitrogens with zero attached hydrogens (tertiary/aromatic N) is 1. The number of hydrogen-bond acceptors (Lipinski definition) is 9. The lowest BCUT2D eigenvalue weighted by Crippen LogP contribution is -2.71. The maximum atomic E-state index is 13.0. The second kappa shape index (κ2) is 11.7. The number of β-lactam (4-membered cyclic amide) rings is 1. The number of ether oxygens (including phenoxy) is 3. The van der Waals surface area contributed by atoms with Crippen molar-refractivity contribution in [1.29, 1.82) is 0 Å². The number of carbonyl (C=O) groups is 5. The summed E-state index contributed by atoms with van der Waals surface area (Å²) in [5, 5.41) is 2.07. The first-order valence-electron chi connectivity index (χ1n) is 11.4. The minimum Gasteiger partial charge on any atom is -0.484 e. The highest BCUT2D eigenvalue weighted by Gasteiger charge is 2.54. The lowest BCUT2D eigenvalue weighted by Gasteiger charge is -2.49. The van der Waals surface area contributed by atoms with E-state index in [1.807, 2.05) is 6.07 Å². The van der Waals surface area contributed by atoms with E-state index in [9.17, 15) is 24.0 Å². The number of para-hydroxylation sites is 1. The lowest BCUT2D eigenvalue weighted by molar-refractivity contribution is -0.152. The van der Waals surface area contributed by atoms with Crippen molar-refractivity contribution < 1.29 is 38.2 Å². The van der Waals surface area contributed by atoms with Crippen LogP contribution in [0.1, 0.15) is 17.3 Å². The molecule has 0 spiro atoms. The third kappa shape index (κ3) is 6.18. The highest BCUT2D eigenvalue weighted by molar-refractivity contribution is 8.00. The van der Waals surface area contributed by atoms with Gasteiger partial charge in [0.05, 0.1) is 0 Å². The predicted octanol–water partition coefficient (Wildman–Crippen LogP) is 1.71. The van der Waals surface area contributed by atoms with Crippen LogP contribution in [0.5, 0.6) is 5.75 Å². The molecule has 4 rings (SSSR count). The fourth-order valence-corrected chi connectivity index (χ4v) is 5.09. The topological polar surface area (TPSA) is 128 Å². The smallest absolute Gasteiger partial charge is 0.355 e. The Balaban J connectivity index is 1.42. The molecule has 192 valence electrons. The van der Waals surface area contributed by atoms with Gasteiger partial charge in [0.25, 0.3) is 11.8 Å². The Bertz CT molecular complexity index is 1230. The van der Waals surface area contributed by atoms with Crippen LogP contribution in [-0.4, -0.2) is 71.4 Å². The Morgan fingerprint density at radius 1 is 0.973 bits per heavy atom. The fourth-order valence-electron chi connectivity index (χ4n) is 3.76. The molecule has 37 heavy (non-hydrogen) atoms. The molecule has 2 heterocycles. The molecule has 11 heteroatoms. The molecular weight excluding hydrogens is 500 g/mol. The number of nitrogens with one attached hydrogen (secondary N) is 1. The number of amides is 2. The number of benzene rings is 2. The van der Waals surface area contributed by atoms with Crippen LogP contribution in [0.25, 0.3) is 0 Å². The molecule has 0 radical (unpaired) electrons. The van der Waals surface area contributed by atoms with Crippen molar-refractivity contribution in [2.45, 2.75) is 18.3 Å². The van der Waals surface area contributed by atoms with Crippen LogP contribution in [0, 0.1) is 0 Å². The van der Waals surface area contributed by atoms with Gasteiger partial charge < -0.3 is 19.5 Å². The second-order valence-electron chi connectivity index (χ2n) is 8.15. The third-order valence-corrected chi connectivity index (χ3v) is 6.89. The molecule has 2 aromatic carbocycles. The lowest BCUT2D eigenvalue weighted by atomic mass is 10.0. The van der Waals surface area contributed by atoms with Crippen molar-refractivity contribution in [3.05, 3.63) is 77.5 Å². The van der Waals surface area contributed by atoms with Gasteiger partial charge in [0.2, 0.25) is 0 Å². The molecule has 0 aliphatic carbocycles. The van der Waals surface area contributed by atoms with E-state index in [0.29, 0.717) is 16.9 Å². The van der Waals surface area contributed by atoms with Crippen LogP contribution in [0.2, 0.25) is 0 Å². The van der Waals surface area contributed by atoms with Crippen molar-refractivity contribution >= 4 is 41.3 Å². The zero-order valence-electron chi connectivity index (χ0n) is 19.9. The summed E-state index contributed by atoms with van der Waals surface area (Å²) in [4.78, 5) is 63.4.